The van der Waals surface area contributed by atoms with Crippen LogP contribution < -0.4 is 5.32 Å². The lowest BCUT2D eigenvalue weighted by atomic mass is 10.5. The second kappa shape index (κ2) is 5.08. The first-order chi connectivity index (χ1) is 7.52. The Morgan fingerprint density at radius 2 is 2.31 bits per heavy atom. The van der Waals surface area contributed by atoms with Crippen molar-refractivity contribution in [3.63, 3.8) is 0 Å². The normalized spacial score (nSPS) is 11.7. The van der Waals surface area contributed by atoms with Crippen LogP contribution in [0, 0.1) is 0 Å². The van der Waals surface area contributed by atoms with Crippen molar-refractivity contribution in [1.82, 2.24) is 19.8 Å². The molecule has 7 nitrogen and oxygen atoms in total. The summed E-state index contributed by atoms with van der Waals surface area (Å²) in [5, 5.41) is 8.31. The van der Waals surface area contributed by atoms with E-state index < -0.39 is 10.0 Å². The molecular formula is C8H14N4O3S. The molecule has 0 saturated carbocycles. The van der Waals surface area contributed by atoms with E-state index in [-0.39, 0.29) is 24.0 Å². The topological polar surface area (TPSA) is 95.2 Å². The van der Waals surface area contributed by atoms with E-state index in [9.17, 15) is 13.2 Å². The van der Waals surface area contributed by atoms with Crippen LogP contribution in [0.1, 0.15) is 6.92 Å². The maximum Gasteiger partial charge on any atom is 0.260 e. The number of hydrogen-bond acceptors (Lipinski definition) is 4. The minimum absolute atomic E-state index is 0.0155. The number of sulfonamides is 1. The quantitative estimate of drug-likeness (QED) is 0.708. The van der Waals surface area contributed by atoms with Crippen LogP contribution >= 0.6 is 0 Å². The summed E-state index contributed by atoms with van der Waals surface area (Å²) in [6, 6.07) is 1.35. The molecule has 0 aliphatic heterocycles. The standard InChI is InChI=1S/C8H14N4O3S/c1-3-12(6-7(13)9-2)16(14,15)8-4-5-10-11-8/h4-5H,3,6H2,1-2H3,(H,9,13)(H,10,11). The number of aromatic nitrogens is 2. The van der Waals surface area contributed by atoms with Crippen LogP contribution in [-0.4, -0.2) is 49.0 Å². The number of hydrogen-bond donors (Lipinski definition) is 2. The first-order valence-electron chi connectivity index (χ1n) is 4.72. The van der Waals surface area contributed by atoms with E-state index in [0.717, 1.165) is 4.31 Å². The number of rotatable bonds is 5. The van der Waals surface area contributed by atoms with Crippen molar-refractivity contribution in [2.24, 2.45) is 0 Å². The number of aromatic amines is 1. The highest BCUT2D eigenvalue weighted by Crippen LogP contribution is 2.11. The molecule has 1 amide bonds. The number of nitrogens with one attached hydrogen (secondary N) is 2. The first kappa shape index (κ1) is 12.7. The number of nitrogens with zero attached hydrogens (tertiary/aromatic N) is 2. The van der Waals surface area contributed by atoms with Crippen molar-refractivity contribution >= 4 is 15.9 Å². The van der Waals surface area contributed by atoms with E-state index in [2.05, 4.69) is 15.5 Å². The summed E-state index contributed by atoms with van der Waals surface area (Å²) in [6.45, 7) is 1.68. The summed E-state index contributed by atoms with van der Waals surface area (Å²) in [7, 11) is -2.20. The average molecular weight is 246 g/mol. The van der Waals surface area contributed by atoms with Crippen LogP contribution in [0.25, 0.3) is 0 Å². The minimum Gasteiger partial charge on any atom is -0.358 e. The second-order valence-electron chi connectivity index (χ2n) is 3.03. The van der Waals surface area contributed by atoms with E-state index in [0.29, 0.717) is 0 Å². The molecule has 0 spiro atoms. The van der Waals surface area contributed by atoms with Gasteiger partial charge in [-0.05, 0) is 6.07 Å². The fourth-order valence-corrected chi connectivity index (χ4v) is 2.44. The highest BCUT2D eigenvalue weighted by atomic mass is 32.2. The molecule has 0 radical (unpaired) electrons. The Hall–Kier alpha value is -1.41. The van der Waals surface area contributed by atoms with Crippen molar-refractivity contribution in [3.8, 4) is 0 Å². The molecule has 1 rings (SSSR count). The largest absolute Gasteiger partial charge is 0.358 e. The van der Waals surface area contributed by atoms with Gasteiger partial charge in [-0.1, -0.05) is 6.92 Å². The summed E-state index contributed by atoms with van der Waals surface area (Å²) in [5.41, 5.74) is 0. The number of likely N-dealkylation sites (N-methyl/N-ethyl adjacent to an activating group) is 2. The van der Waals surface area contributed by atoms with E-state index in [1.54, 1.807) is 6.92 Å². The molecular weight excluding hydrogens is 232 g/mol. The molecule has 16 heavy (non-hydrogen) atoms. The van der Waals surface area contributed by atoms with Gasteiger partial charge in [-0.25, -0.2) is 8.42 Å². The van der Waals surface area contributed by atoms with Gasteiger partial charge in [0.2, 0.25) is 5.91 Å². The zero-order chi connectivity index (χ0) is 12.2. The molecule has 0 fully saturated rings. The maximum atomic E-state index is 12.0. The van der Waals surface area contributed by atoms with Crippen LogP contribution in [0.15, 0.2) is 17.3 Å². The lowest BCUT2D eigenvalue weighted by Gasteiger charge is -2.18. The lowest BCUT2D eigenvalue weighted by molar-refractivity contribution is -0.120. The molecule has 0 aliphatic carbocycles. The monoisotopic (exact) mass is 246 g/mol. The van der Waals surface area contributed by atoms with Crippen molar-refractivity contribution in [3.05, 3.63) is 12.3 Å². The van der Waals surface area contributed by atoms with Crippen LogP contribution in [0.2, 0.25) is 0 Å². The van der Waals surface area contributed by atoms with Gasteiger partial charge >= 0.3 is 0 Å². The van der Waals surface area contributed by atoms with E-state index >= 15 is 0 Å². The Bertz CT molecular complexity index is 440. The highest BCUT2D eigenvalue weighted by molar-refractivity contribution is 7.89. The van der Waals surface area contributed by atoms with Crippen molar-refractivity contribution in [2.75, 3.05) is 20.1 Å². The molecule has 0 saturated heterocycles. The van der Waals surface area contributed by atoms with Gasteiger partial charge in [0.15, 0.2) is 5.03 Å². The first-order valence-corrected chi connectivity index (χ1v) is 6.16. The van der Waals surface area contributed by atoms with E-state index in [1.165, 1.54) is 19.3 Å². The summed E-state index contributed by atoms with van der Waals surface area (Å²) in [4.78, 5) is 11.2. The highest BCUT2D eigenvalue weighted by Gasteiger charge is 2.25. The molecule has 2 N–H and O–H groups in total. The Morgan fingerprint density at radius 3 is 2.75 bits per heavy atom. The molecule has 1 aromatic heterocycles. The average Bonchev–Trinajstić information content (AvgIpc) is 2.78. The van der Waals surface area contributed by atoms with Gasteiger partial charge in [0.25, 0.3) is 10.0 Å². The van der Waals surface area contributed by atoms with Crippen molar-refractivity contribution in [2.45, 2.75) is 11.9 Å². The summed E-state index contributed by atoms with van der Waals surface area (Å²) in [6.07, 6.45) is 1.35. The SMILES string of the molecule is CCN(CC(=O)NC)S(=O)(=O)c1ccn[nH]1. The molecule has 0 aromatic carbocycles. The lowest BCUT2D eigenvalue weighted by Crippen LogP contribution is -2.39. The number of carbonyl (C=O) groups is 1. The van der Waals surface area contributed by atoms with Crippen LogP contribution in [0.5, 0.6) is 0 Å². The Morgan fingerprint density at radius 1 is 1.62 bits per heavy atom. The van der Waals surface area contributed by atoms with Gasteiger partial charge in [-0.15, -0.1) is 0 Å². The summed E-state index contributed by atoms with van der Waals surface area (Å²) < 4.78 is 25.0. The zero-order valence-electron chi connectivity index (χ0n) is 9.10. The Labute approximate surface area is 93.9 Å². The van der Waals surface area contributed by atoms with Gasteiger partial charge in [-0.3, -0.25) is 9.89 Å². The van der Waals surface area contributed by atoms with Gasteiger partial charge < -0.3 is 5.32 Å². The van der Waals surface area contributed by atoms with Crippen molar-refractivity contribution in [1.29, 1.82) is 0 Å². The van der Waals surface area contributed by atoms with Gasteiger partial charge in [-0.2, -0.15) is 9.40 Å². The third-order valence-corrected chi connectivity index (χ3v) is 3.89. The molecule has 0 bridgehead atoms. The van der Waals surface area contributed by atoms with Crippen LogP contribution in [0.4, 0.5) is 0 Å². The summed E-state index contributed by atoms with van der Waals surface area (Å²) in [5.74, 6) is -0.357. The van der Waals surface area contributed by atoms with Crippen LogP contribution in [-0.2, 0) is 14.8 Å². The molecule has 0 atom stereocenters. The molecule has 8 heteroatoms. The van der Waals surface area contributed by atoms with E-state index in [1.807, 2.05) is 0 Å². The van der Waals surface area contributed by atoms with E-state index in [4.69, 9.17) is 0 Å². The van der Waals surface area contributed by atoms with Crippen molar-refractivity contribution < 1.29 is 13.2 Å². The smallest absolute Gasteiger partial charge is 0.260 e. The summed E-state index contributed by atoms with van der Waals surface area (Å²) >= 11 is 0. The zero-order valence-corrected chi connectivity index (χ0v) is 9.91. The molecule has 90 valence electrons. The van der Waals surface area contributed by atoms with Gasteiger partial charge in [0.05, 0.1) is 12.7 Å². The third-order valence-electron chi connectivity index (χ3n) is 2.04. The molecule has 0 aliphatic rings. The Kier molecular flexibility index (Phi) is 4.02. The fourth-order valence-electron chi connectivity index (χ4n) is 1.13. The Balaban J connectivity index is 2.92. The fraction of sp³-hybridized carbons (Fsp3) is 0.500. The van der Waals surface area contributed by atoms with Crippen LogP contribution in [0.3, 0.4) is 0 Å². The minimum atomic E-state index is -3.66. The van der Waals surface area contributed by atoms with Gasteiger partial charge in [0.1, 0.15) is 0 Å². The molecule has 1 aromatic rings. The third kappa shape index (κ3) is 2.58. The second-order valence-corrected chi connectivity index (χ2v) is 4.93. The van der Waals surface area contributed by atoms with Gasteiger partial charge in [0, 0.05) is 13.6 Å². The molecule has 0 unspecified atom stereocenters. The molecule has 1 heterocycles. The predicted octanol–water partition coefficient (Wildman–Crippen LogP) is -0.834. The predicted molar refractivity (Wildman–Crippen MR) is 57.1 cm³/mol. The number of H-pyrrole nitrogens is 1. The number of amides is 1. The number of carbonyl (C=O) groups excluding carboxylic acids is 1. The maximum absolute atomic E-state index is 12.0.